The summed E-state index contributed by atoms with van der Waals surface area (Å²) in [7, 11) is 0. The Hall–Kier alpha value is -1.68. The van der Waals surface area contributed by atoms with Crippen LogP contribution in [0.15, 0.2) is 24.3 Å². The number of carbonyl (C=O) groups excluding carboxylic acids is 1. The van der Waals surface area contributed by atoms with Crippen LogP contribution < -0.4 is 0 Å². The van der Waals surface area contributed by atoms with Crippen molar-refractivity contribution in [3.05, 3.63) is 52.8 Å². The molecule has 34 heavy (non-hydrogen) atoms. The van der Waals surface area contributed by atoms with Gasteiger partial charge in [0, 0.05) is 56.0 Å². The SMILES string of the molecule is Cc1[c-]c([C@@H]2C(B3CCOCC3)CCN2C(=O)Cn2nc(C3CC3)cc2C(C)(F)F)ccc1.[Cr]. The van der Waals surface area contributed by atoms with Crippen LogP contribution in [0.2, 0.25) is 18.5 Å². The summed E-state index contributed by atoms with van der Waals surface area (Å²) < 4.78 is 35.5. The predicted molar refractivity (Wildman–Crippen MR) is 123 cm³/mol. The molecule has 0 spiro atoms. The molecule has 1 saturated carbocycles. The molecule has 182 valence electrons. The van der Waals surface area contributed by atoms with Gasteiger partial charge in [0.05, 0.1) is 5.69 Å². The number of nitrogens with zero attached hydrogens (tertiary/aromatic N) is 3. The van der Waals surface area contributed by atoms with Crippen LogP contribution in [0, 0.1) is 13.0 Å². The smallest absolute Gasteiger partial charge is 0.286 e. The number of hydrogen-bond donors (Lipinski definition) is 0. The topological polar surface area (TPSA) is 47.4 Å². The van der Waals surface area contributed by atoms with Gasteiger partial charge in [-0.25, -0.2) is 0 Å². The van der Waals surface area contributed by atoms with E-state index >= 15 is 0 Å². The predicted octanol–water partition coefficient (Wildman–Crippen LogP) is 4.85. The largest absolute Gasteiger partial charge is 0.383 e. The zero-order valence-corrected chi connectivity index (χ0v) is 21.1. The molecular weight excluding hydrogens is 475 g/mol. The number of halogens is 2. The summed E-state index contributed by atoms with van der Waals surface area (Å²) >= 11 is 0. The van der Waals surface area contributed by atoms with Crippen molar-refractivity contribution in [3.63, 3.8) is 0 Å². The first kappa shape index (κ1) is 25.4. The third-order valence-electron chi connectivity index (χ3n) is 7.45. The van der Waals surface area contributed by atoms with Crippen molar-refractivity contribution in [2.75, 3.05) is 19.8 Å². The zero-order chi connectivity index (χ0) is 23.2. The van der Waals surface area contributed by atoms with Crippen LogP contribution in [0.4, 0.5) is 8.78 Å². The molecule has 1 aliphatic carbocycles. The first-order valence-electron chi connectivity index (χ1n) is 12.1. The fraction of sp³-hybridized carbons (Fsp3) is 0.600. The Balaban J connectivity index is 0.00000274. The Morgan fingerprint density at radius 3 is 2.65 bits per heavy atom. The van der Waals surface area contributed by atoms with E-state index in [2.05, 4.69) is 11.2 Å². The quantitative estimate of drug-likeness (QED) is 0.416. The fourth-order valence-electron chi connectivity index (χ4n) is 5.62. The molecule has 3 fully saturated rings. The third-order valence-corrected chi connectivity index (χ3v) is 7.45. The fourth-order valence-corrected chi connectivity index (χ4v) is 5.62. The maximum Gasteiger partial charge on any atom is 0.286 e. The van der Waals surface area contributed by atoms with Crippen molar-refractivity contribution < 1.29 is 35.7 Å². The van der Waals surface area contributed by atoms with Crippen LogP contribution in [0.1, 0.15) is 60.7 Å². The summed E-state index contributed by atoms with van der Waals surface area (Å²) in [6.07, 6.45) is 4.84. The van der Waals surface area contributed by atoms with Gasteiger partial charge in [-0.05, 0) is 31.1 Å². The molecule has 1 amide bonds. The van der Waals surface area contributed by atoms with Gasteiger partial charge in [0.1, 0.15) is 12.2 Å². The normalized spacial score (nSPS) is 23.2. The summed E-state index contributed by atoms with van der Waals surface area (Å²) in [5, 5.41) is 4.44. The van der Waals surface area contributed by atoms with Gasteiger partial charge in [-0.15, -0.1) is 5.56 Å². The Bertz CT molecular complexity index is 1020. The number of amides is 1. The van der Waals surface area contributed by atoms with Gasteiger partial charge in [-0.2, -0.15) is 43.7 Å². The van der Waals surface area contributed by atoms with E-state index in [4.69, 9.17) is 4.74 Å². The van der Waals surface area contributed by atoms with Crippen molar-refractivity contribution in [2.24, 2.45) is 0 Å². The van der Waals surface area contributed by atoms with Crippen molar-refractivity contribution in [2.45, 2.75) is 76.0 Å². The second-order valence-electron chi connectivity index (χ2n) is 10.00. The van der Waals surface area contributed by atoms with Gasteiger partial charge in [0.15, 0.2) is 6.71 Å². The molecule has 1 unspecified atom stereocenters. The molecular formula is C25H31BCrF2N3O2-. The van der Waals surface area contributed by atoms with Crippen LogP contribution >= 0.6 is 0 Å². The van der Waals surface area contributed by atoms with E-state index in [0.29, 0.717) is 24.8 Å². The summed E-state index contributed by atoms with van der Waals surface area (Å²) in [6.45, 7) is 5.35. The first-order chi connectivity index (χ1) is 15.8. The number of rotatable bonds is 6. The molecule has 0 N–H and O–H groups in total. The van der Waals surface area contributed by atoms with Crippen LogP contribution in [0.5, 0.6) is 0 Å². The van der Waals surface area contributed by atoms with E-state index in [9.17, 15) is 13.6 Å². The van der Waals surface area contributed by atoms with Gasteiger partial charge in [-0.3, -0.25) is 9.48 Å². The number of alkyl halides is 2. The average Bonchev–Trinajstić information content (AvgIpc) is 3.38. The number of aryl methyl sites for hydroxylation is 1. The van der Waals surface area contributed by atoms with Crippen molar-refractivity contribution in [1.82, 2.24) is 14.7 Å². The summed E-state index contributed by atoms with van der Waals surface area (Å²) in [5.41, 5.74) is 2.56. The number of benzene rings is 1. The van der Waals surface area contributed by atoms with Gasteiger partial charge < -0.3 is 9.64 Å². The van der Waals surface area contributed by atoms with E-state index in [1.165, 1.54) is 10.7 Å². The van der Waals surface area contributed by atoms with Gasteiger partial charge in [0.2, 0.25) is 5.91 Å². The number of hydrogen-bond acceptors (Lipinski definition) is 3. The molecule has 9 heteroatoms. The Kier molecular flexibility index (Phi) is 7.57. The molecule has 0 radical (unpaired) electrons. The van der Waals surface area contributed by atoms with Crippen LogP contribution in [0.25, 0.3) is 0 Å². The van der Waals surface area contributed by atoms with Gasteiger partial charge in [-0.1, -0.05) is 19.6 Å². The molecule has 5 rings (SSSR count). The second kappa shape index (κ2) is 10.1. The molecule has 1 aromatic heterocycles. The molecule has 2 aliphatic heterocycles. The van der Waals surface area contributed by atoms with Crippen molar-refractivity contribution in [3.8, 4) is 0 Å². The second-order valence-corrected chi connectivity index (χ2v) is 10.00. The molecule has 5 nitrogen and oxygen atoms in total. The molecule has 0 bridgehead atoms. The van der Waals surface area contributed by atoms with Gasteiger partial charge >= 0.3 is 0 Å². The van der Waals surface area contributed by atoms with E-state index in [0.717, 1.165) is 63.2 Å². The molecule has 2 aromatic rings. The summed E-state index contributed by atoms with van der Waals surface area (Å²) in [5.74, 6) is -2.62. The van der Waals surface area contributed by atoms with Crippen molar-refractivity contribution >= 4 is 12.6 Å². The Morgan fingerprint density at radius 1 is 1.26 bits per heavy atom. The van der Waals surface area contributed by atoms with Crippen molar-refractivity contribution in [1.29, 1.82) is 0 Å². The van der Waals surface area contributed by atoms with Crippen LogP contribution in [0.3, 0.4) is 0 Å². The maximum atomic E-state index is 14.3. The number of likely N-dealkylation sites (tertiary alicyclic amines) is 1. The molecule has 2 atom stereocenters. The third kappa shape index (κ3) is 5.27. The molecule has 2 saturated heterocycles. The van der Waals surface area contributed by atoms with Crippen LogP contribution in [-0.4, -0.2) is 47.1 Å². The monoisotopic (exact) mass is 506 g/mol. The van der Waals surface area contributed by atoms with E-state index < -0.39 is 5.92 Å². The molecule has 3 heterocycles. The van der Waals surface area contributed by atoms with E-state index in [1.54, 1.807) is 0 Å². The summed E-state index contributed by atoms with van der Waals surface area (Å²) in [4.78, 5) is 15.5. The minimum atomic E-state index is -3.04. The van der Waals surface area contributed by atoms with Crippen LogP contribution in [-0.2, 0) is 39.4 Å². The standard InChI is InChI=1S/C25H31BF2N3O2.Cr/c1-17-4-3-5-19(14-17)24-20(26-9-12-33-13-10-26)8-11-30(24)23(32)16-31-22(25(2,27)28)15-21(29-31)18-6-7-18;/h3-5,15,18,20,24H,6-13,16H2,1-2H3;/q-1;/t20?,24-;/m1./s1. The number of aromatic nitrogens is 2. The average molecular weight is 506 g/mol. The Labute approximate surface area is 211 Å². The minimum Gasteiger partial charge on any atom is -0.383 e. The number of carbonyl (C=O) groups is 1. The first-order valence-corrected chi connectivity index (χ1v) is 12.1. The van der Waals surface area contributed by atoms with E-state index in [1.807, 2.05) is 30.0 Å². The Morgan fingerprint density at radius 2 is 2.00 bits per heavy atom. The summed E-state index contributed by atoms with van der Waals surface area (Å²) in [6, 6.07) is 10.9. The van der Waals surface area contributed by atoms with Gasteiger partial charge in [0.25, 0.3) is 5.92 Å². The molecule has 1 aromatic carbocycles. The number of ether oxygens (including phenoxy) is 1. The minimum absolute atomic E-state index is 0. The molecule has 3 aliphatic rings. The van der Waals surface area contributed by atoms with E-state index in [-0.39, 0.29) is 47.5 Å². The zero-order valence-electron chi connectivity index (χ0n) is 19.8. The maximum absolute atomic E-state index is 14.3.